The summed E-state index contributed by atoms with van der Waals surface area (Å²) in [5, 5.41) is 11.5. The molecule has 0 bridgehead atoms. The Kier molecular flexibility index (Phi) is 7.45. The maximum absolute atomic E-state index is 12.4. The molecule has 3 aromatic carbocycles. The molecule has 0 N–H and O–H groups in total. The van der Waals surface area contributed by atoms with Crippen LogP contribution in [0.3, 0.4) is 0 Å². The Hall–Kier alpha value is -3.52. The third-order valence-corrected chi connectivity index (χ3v) is 5.54. The van der Waals surface area contributed by atoms with Gasteiger partial charge in [0.2, 0.25) is 0 Å². The van der Waals surface area contributed by atoms with E-state index in [-0.39, 0.29) is 28.4 Å². The van der Waals surface area contributed by atoms with Gasteiger partial charge in [0, 0.05) is 0 Å². The smallest absolute Gasteiger partial charge is 0.540 e. The molecular weight excluding hydrogens is 483 g/mol. The Bertz CT molecular complexity index is 1220. The number of halogens is 4. The SMILES string of the molecule is CC(C)(C)c1ccc(CN(C(=O)C(=O)[O-])c2ccc(-c3ccc(OC(F)(F)F)cc3)cc2Cl)cc1. The van der Waals surface area contributed by atoms with E-state index in [0.717, 1.165) is 22.6 Å². The van der Waals surface area contributed by atoms with E-state index in [4.69, 9.17) is 11.6 Å². The van der Waals surface area contributed by atoms with Crippen molar-refractivity contribution in [1.82, 2.24) is 0 Å². The van der Waals surface area contributed by atoms with Crippen LogP contribution in [0.15, 0.2) is 66.7 Å². The van der Waals surface area contributed by atoms with Crippen LogP contribution < -0.4 is 14.7 Å². The van der Waals surface area contributed by atoms with Gasteiger partial charge in [-0.1, -0.05) is 74.8 Å². The van der Waals surface area contributed by atoms with E-state index in [9.17, 15) is 27.9 Å². The van der Waals surface area contributed by atoms with Gasteiger partial charge in [0.25, 0.3) is 5.91 Å². The standard InChI is InChI=1S/C26H23ClF3NO4/c1-25(2,3)19-9-4-16(5-10-19)15-31(23(32)24(33)34)22-13-8-18(14-21(22)27)17-6-11-20(12-7-17)35-26(28,29)30/h4-14H,15H2,1-3H3,(H,33,34)/p-1. The Morgan fingerprint density at radius 1 is 0.914 bits per heavy atom. The van der Waals surface area contributed by atoms with Crippen LogP contribution in [-0.2, 0) is 21.5 Å². The first kappa shape index (κ1) is 26.1. The van der Waals surface area contributed by atoms with Gasteiger partial charge < -0.3 is 19.5 Å². The Morgan fingerprint density at radius 3 is 1.97 bits per heavy atom. The fourth-order valence-corrected chi connectivity index (χ4v) is 3.71. The first-order valence-electron chi connectivity index (χ1n) is 10.5. The van der Waals surface area contributed by atoms with E-state index in [1.54, 1.807) is 6.07 Å². The molecule has 0 unspecified atom stereocenters. The summed E-state index contributed by atoms with van der Waals surface area (Å²) in [6.07, 6.45) is -4.80. The number of hydrogen-bond donors (Lipinski definition) is 0. The largest absolute Gasteiger partial charge is 0.573 e. The van der Waals surface area contributed by atoms with Gasteiger partial charge in [-0.3, -0.25) is 4.79 Å². The van der Waals surface area contributed by atoms with Crippen LogP contribution in [0.25, 0.3) is 11.1 Å². The number of nitrogens with zero attached hydrogens (tertiary/aromatic N) is 1. The van der Waals surface area contributed by atoms with E-state index < -0.39 is 18.2 Å². The zero-order chi connectivity index (χ0) is 26.0. The van der Waals surface area contributed by atoms with Crippen molar-refractivity contribution in [3.8, 4) is 16.9 Å². The first-order valence-corrected chi connectivity index (χ1v) is 10.9. The number of hydrogen-bond acceptors (Lipinski definition) is 4. The number of carbonyl (C=O) groups excluding carboxylic acids is 2. The Morgan fingerprint density at radius 2 is 1.49 bits per heavy atom. The van der Waals surface area contributed by atoms with Gasteiger partial charge in [-0.25, -0.2) is 0 Å². The van der Waals surface area contributed by atoms with Crippen molar-refractivity contribution in [2.75, 3.05) is 4.90 Å². The van der Waals surface area contributed by atoms with E-state index in [1.165, 1.54) is 24.3 Å². The van der Waals surface area contributed by atoms with E-state index >= 15 is 0 Å². The van der Waals surface area contributed by atoms with Crippen molar-refractivity contribution in [3.05, 3.63) is 82.9 Å². The van der Waals surface area contributed by atoms with E-state index in [0.29, 0.717) is 16.7 Å². The molecule has 9 heteroatoms. The number of amides is 1. The highest BCUT2D eigenvalue weighted by Crippen LogP contribution is 2.34. The second-order valence-corrected chi connectivity index (χ2v) is 9.27. The highest BCUT2D eigenvalue weighted by Gasteiger charge is 2.31. The molecule has 184 valence electrons. The number of aliphatic carboxylic acids is 1. The van der Waals surface area contributed by atoms with Gasteiger partial charge in [-0.15, -0.1) is 13.2 Å². The van der Waals surface area contributed by atoms with Crippen LogP contribution in [0.1, 0.15) is 31.9 Å². The molecule has 1 amide bonds. The summed E-state index contributed by atoms with van der Waals surface area (Å²) in [5.74, 6) is -3.50. The zero-order valence-electron chi connectivity index (χ0n) is 19.2. The Balaban J connectivity index is 1.89. The maximum Gasteiger partial charge on any atom is 0.573 e. The number of benzene rings is 3. The lowest BCUT2D eigenvalue weighted by molar-refractivity contribution is -0.300. The topological polar surface area (TPSA) is 69.7 Å². The molecule has 0 spiro atoms. The van der Waals surface area contributed by atoms with Gasteiger partial charge in [0.1, 0.15) is 11.7 Å². The summed E-state index contributed by atoms with van der Waals surface area (Å²) in [6, 6.07) is 17.2. The van der Waals surface area contributed by atoms with Crippen molar-refractivity contribution < 1.29 is 32.6 Å². The molecule has 0 radical (unpaired) electrons. The maximum atomic E-state index is 12.4. The summed E-state index contributed by atoms with van der Waals surface area (Å²) in [6.45, 7) is 6.13. The molecule has 5 nitrogen and oxygen atoms in total. The van der Waals surface area contributed by atoms with E-state index in [1.807, 2.05) is 24.3 Å². The fraction of sp³-hybridized carbons (Fsp3) is 0.231. The fourth-order valence-electron chi connectivity index (χ4n) is 3.42. The number of carboxylic acid groups (broad SMARTS) is 1. The van der Waals surface area contributed by atoms with Gasteiger partial charge in [-0.05, 0) is 51.9 Å². The lowest BCUT2D eigenvalue weighted by Crippen LogP contribution is -2.44. The van der Waals surface area contributed by atoms with Crippen molar-refractivity contribution in [2.45, 2.75) is 39.1 Å². The summed E-state index contributed by atoms with van der Waals surface area (Å²) in [7, 11) is 0. The zero-order valence-corrected chi connectivity index (χ0v) is 19.9. The number of carbonyl (C=O) groups is 2. The normalized spacial score (nSPS) is 11.7. The van der Waals surface area contributed by atoms with Crippen LogP contribution in [-0.4, -0.2) is 18.2 Å². The third kappa shape index (κ3) is 6.76. The molecule has 0 saturated heterocycles. The molecule has 35 heavy (non-hydrogen) atoms. The minimum atomic E-state index is -4.80. The molecule has 0 saturated carbocycles. The highest BCUT2D eigenvalue weighted by atomic mass is 35.5. The Labute approximate surface area is 205 Å². The average Bonchev–Trinajstić information content (AvgIpc) is 2.76. The third-order valence-electron chi connectivity index (χ3n) is 5.24. The molecule has 3 rings (SSSR count). The molecule has 0 aliphatic rings. The highest BCUT2D eigenvalue weighted by molar-refractivity contribution is 6.39. The van der Waals surface area contributed by atoms with Crippen molar-refractivity contribution in [2.24, 2.45) is 0 Å². The first-order chi connectivity index (χ1) is 16.2. The lowest BCUT2D eigenvalue weighted by atomic mass is 9.87. The molecular formula is C26H22ClF3NO4-. The second-order valence-electron chi connectivity index (χ2n) is 8.86. The number of anilines is 1. The minimum absolute atomic E-state index is 0.0558. The molecule has 0 fully saturated rings. The number of carboxylic acids is 1. The van der Waals surface area contributed by atoms with E-state index in [2.05, 4.69) is 25.5 Å². The van der Waals surface area contributed by atoms with Crippen molar-refractivity contribution in [3.63, 3.8) is 0 Å². The van der Waals surface area contributed by atoms with Gasteiger partial charge in [-0.2, -0.15) is 0 Å². The van der Waals surface area contributed by atoms with Crippen LogP contribution in [0.5, 0.6) is 5.75 Å². The monoisotopic (exact) mass is 504 g/mol. The van der Waals surface area contributed by atoms with Crippen molar-refractivity contribution in [1.29, 1.82) is 0 Å². The van der Waals surface area contributed by atoms with Crippen LogP contribution in [0, 0.1) is 0 Å². The number of rotatable bonds is 5. The lowest BCUT2D eigenvalue weighted by Gasteiger charge is -2.25. The van der Waals surface area contributed by atoms with Crippen LogP contribution in [0.4, 0.5) is 18.9 Å². The van der Waals surface area contributed by atoms with Crippen LogP contribution >= 0.6 is 11.6 Å². The number of ether oxygens (including phenoxy) is 1. The second kappa shape index (κ2) is 10.00. The van der Waals surface area contributed by atoms with Gasteiger partial charge in [0.15, 0.2) is 0 Å². The quantitative estimate of drug-likeness (QED) is 0.431. The minimum Gasteiger partial charge on any atom is -0.540 e. The predicted molar refractivity (Wildman–Crippen MR) is 125 cm³/mol. The summed E-state index contributed by atoms with van der Waals surface area (Å²) in [4.78, 5) is 24.8. The molecule has 0 aliphatic heterocycles. The molecule has 0 aromatic heterocycles. The number of alkyl halides is 3. The molecule has 3 aromatic rings. The van der Waals surface area contributed by atoms with Crippen LogP contribution in [0.2, 0.25) is 5.02 Å². The summed E-state index contributed by atoms with van der Waals surface area (Å²) < 4.78 is 41.0. The molecule has 0 aliphatic carbocycles. The average molecular weight is 505 g/mol. The molecule has 0 atom stereocenters. The molecule has 0 heterocycles. The summed E-state index contributed by atoms with van der Waals surface area (Å²) in [5.41, 5.74) is 2.94. The van der Waals surface area contributed by atoms with Crippen molar-refractivity contribution >= 4 is 29.2 Å². The predicted octanol–water partition coefficient (Wildman–Crippen LogP) is 5.49. The van der Waals surface area contributed by atoms with Gasteiger partial charge >= 0.3 is 6.36 Å². The summed E-state index contributed by atoms with van der Waals surface area (Å²) >= 11 is 6.41. The van der Waals surface area contributed by atoms with Gasteiger partial charge in [0.05, 0.1) is 17.3 Å².